The van der Waals surface area contributed by atoms with Crippen LogP contribution in [0, 0.1) is 5.92 Å². The normalized spacial score (nSPS) is 23.0. The van der Waals surface area contributed by atoms with Crippen LogP contribution in [0.1, 0.15) is 50.2 Å². The highest BCUT2D eigenvalue weighted by Crippen LogP contribution is 2.38. The van der Waals surface area contributed by atoms with Crippen LogP contribution in [-0.2, 0) is 6.54 Å². The Labute approximate surface area is 112 Å². The van der Waals surface area contributed by atoms with Gasteiger partial charge in [-0.25, -0.2) is 0 Å². The molecule has 2 unspecified atom stereocenters. The molecule has 2 aromatic rings. The minimum absolute atomic E-state index is 0.463. The van der Waals surface area contributed by atoms with Crippen molar-refractivity contribution in [3.05, 3.63) is 24.1 Å². The Morgan fingerprint density at radius 2 is 2.37 bits per heavy atom. The monoisotopic (exact) mass is 261 g/mol. The second kappa shape index (κ2) is 5.03. The molecule has 6 nitrogen and oxygen atoms in total. The zero-order chi connectivity index (χ0) is 13.2. The predicted octanol–water partition coefficient (Wildman–Crippen LogP) is 2.19. The van der Waals surface area contributed by atoms with E-state index < -0.39 is 0 Å². The maximum Gasteiger partial charge on any atom is 0.248 e. The lowest BCUT2D eigenvalue weighted by atomic mass is 10.0. The fourth-order valence-corrected chi connectivity index (χ4v) is 2.78. The van der Waals surface area contributed by atoms with Crippen LogP contribution in [0.4, 0.5) is 5.69 Å². The van der Waals surface area contributed by atoms with Crippen LogP contribution in [0.5, 0.6) is 0 Å². The molecule has 0 bridgehead atoms. The van der Waals surface area contributed by atoms with Crippen molar-refractivity contribution in [2.75, 3.05) is 5.73 Å². The molecule has 1 aliphatic carbocycles. The standard InChI is InChI=1S/C13H19N5O/c1-2-9-3-4-10(5-9)13-16-12(19-17-13)8-18-7-11(14)6-15-18/h6-7,9-10H,2-5,8,14H2,1H3. The van der Waals surface area contributed by atoms with E-state index in [4.69, 9.17) is 10.3 Å². The number of hydrogen-bond acceptors (Lipinski definition) is 5. The Kier molecular flexibility index (Phi) is 3.23. The van der Waals surface area contributed by atoms with E-state index in [9.17, 15) is 0 Å². The molecule has 0 amide bonds. The zero-order valence-electron chi connectivity index (χ0n) is 11.1. The Balaban J connectivity index is 1.66. The first-order valence-corrected chi connectivity index (χ1v) is 6.85. The van der Waals surface area contributed by atoms with Crippen molar-refractivity contribution in [2.24, 2.45) is 5.92 Å². The fourth-order valence-electron chi connectivity index (χ4n) is 2.78. The molecule has 19 heavy (non-hydrogen) atoms. The second-order valence-electron chi connectivity index (χ2n) is 5.30. The number of rotatable bonds is 4. The molecule has 0 radical (unpaired) electrons. The number of anilines is 1. The number of hydrogen-bond donors (Lipinski definition) is 1. The predicted molar refractivity (Wildman–Crippen MR) is 70.4 cm³/mol. The van der Waals surface area contributed by atoms with E-state index in [-0.39, 0.29) is 0 Å². The molecule has 1 fully saturated rings. The summed E-state index contributed by atoms with van der Waals surface area (Å²) in [7, 11) is 0. The number of aromatic nitrogens is 4. The quantitative estimate of drug-likeness (QED) is 0.912. The van der Waals surface area contributed by atoms with Gasteiger partial charge in [0.2, 0.25) is 5.89 Å². The molecule has 1 saturated carbocycles. The van der Waals surface area contributed by atoms with Crippen molar-refractivity contribution < 1.29 is 4.52 Å². The topological polar surface area (TPSA) is 82.8 Å². The molecule has 0 aromatic carbocycles. The van der Waals surface area contributed by atoms with Crippen LogP contribution < -0.4 is 5.73 Å². The summed E-state index contributed by atoms with van der Waals surface area (Å²) in [6, 6.07) is 0. The highest BCUT2D eigenvalue weighted by Gasteiger charge is 2.28. The van der Waals surface area contributed by atoms with Crippen molar-refractivity contribution in [3.8, 4) is 0 Å². The van der Waals surface area contributed by atoms with Crippen molar-refractivity contribution in [3.63, 3.8) is 0 Å². The molecule has 0 spiro atoms. The summed E-state index contributed by atoms with van der Waals surface area (Å²) >= 11 is 0. The van der Waals surface area contributed by atoms with Gasteiger partial charge >= 0.3 is 0 Å². The van der Waals surface area contributed by atoms with Crippen LogP contribution in [0.25, 0.3) is 0 Å². The van der Waals surface area contributed by atoms with Crippen LogP contribution in [-0.4, -0.2) is 19.9 Å². The van der Waals surface area contributed by atoms with Crippen LogP contribution in [0.2, 0.25) is 0 Å². The van der Waals surface area contributed by atoms with Crippen molar-refractivity contribution >= 4 is 5.69 Å². The van der Waals surface area contributed by atoms with Gasteiger partial charge in [0.1, 0.15) is 6.54 Å². The summed E-state index contributed by atoms with van der Waals surface area (Å²) < 4.78 is 7.00. The van der Waals surface area contributed by atoms with E-state index >= 15 is 0 Å². The molecular weight excluding hydrogens is 242 g/mol. The van der Waals surface area contributed by atoms with Gasteiger partial charge in [0.25, 0.3) is 0 Å². The highest BCUT2D eigenvalue weighted by atomic mass is 16.5. The zero-order valence-corrected chi connectivity index (χ0v) is 11.1. The first kappa shape index (κ1) is 12.2. The molecule has 6 heteroatoms. The highest BCUT2D eigenvalue weighted by molar-refractivity contribution is 5.30. The lowest BCUT2D eigenvalue weighted by Crippen LogP contribution is -2.01. The molecule has 2 atom stereocenters. The van der Waals surface area contributed by atoms with E-state index in [0.29, 0.717) is 24.0 Å². The van der Waals surface area contributed by atoms with E-state index in [1.165, 1.54) is 25.7 Å². The van der Waals surface area contributed by atoms with Gasteiger partial charge in [-0.15, -0.1) is 0 Å². The minimum Gasteiger partial charge on any atom is -0.396 e. The van der Waals surface area contributed by atoms with Gasteiger partial charge in [-0.1, -0.05) is 18.5 Å². The molecule has 102 valence electrons. The largest absolute Gasteiger partial charge is 0.396 e. The lowest BCUT2D eigenvalue weighted by Gasteiger charge is -2.04. The summed E-state index contributed by atoms with van der Waals surface area (Å²) in [5.41, 5.74) is 6.26. The van der Waals surface area contributed by atoms with E-state index in [1.54, 1.807) is 17.1 Å². The third kappa shape index (κ3) is 2.62. The Hall–Kier alpha value is -1.85. The van der Waals surface area contributed by atoms with Gasteiger partial charge in [-0.3, -0.25) is 4.68 Å². The maximum absolute atomic E-state index is 5.62. The van der Waals surface area contributed by atoms with E-state index in [2.05, 4.69) is 22.2 Å². The first-order chi connectivity index (χ1) is 9.24. The maximum atomic E-state index is 5.62. The first-order valence-electron chi connectivity index (χ1n) is 6.85. The van der Waals surface area contributed by atoms with Gasteiger partial charge < -0.3 is 10.3 Å². The van der Waals surface area contributed by atoms with Gasteiger partial charge in [-0.05, 0) is 25.2 Å². The van der Waals surface area contributed by atoms with Gasteiger partial charge in [0, 0.05) is 12.1 Å². The Bertz CT molecular complexity index is 547. The molecule has 1 aliphatic rings. The van der Waals surface area contributed by atoms with Gasteiger partial charge in [0.05, 0.1) is 11.9 Å². The number of nitrogens with two attached hydrogens (primary N) is 1. The van der Waals surface area contributed by atoms with Crippen LogP contribution in [0.15, 0.2) is 16.9 Å². The third-order valence-corrected chi connectivity index (χ3v) is 3.92. The molecule has 0 aliphatic heterocycles. The number of nitrogens with zero attached hydrogens (tertiary/aromatic N) is 4. The smallest absolute Gasteiger partial charge is 0.248 e. The van der Waals surface area contributed by atoms with Gasteiger partial charge in [0.15, 0.2) is 5.82 Å². The summed E-state index contributed by atoms with van der Waals surface area (Å²) in [5.74, 6) is 2.73. The number of nitrogen functional groups attached to an aromatic ring is 1. The van der Waals surface area contributed by atoms with E-state index in [0.717, 1.165) is 11.7 Å². The lowest BCUT2D eigenvalue weighted by molar-refractivity contribution is 0.358. The third-order valence-electron chi connectivity index (χ3n) is 3.92. The Morgan fingerprint density at radius 3 is 3.05 bits per heavy atom. The van der Waals surface area contributed by atoms with Gasteiger partial charge in [-0.2, -0.15) is 10.1 Å². The van der Waals surface area contributed by atoms with Crippen LogP contribution in [0.3, 0.4) is 0 Å². The fraction of sp³-hybridized carbons (Fsp3) is 0.615. The summed E-state index contributed by atoms with van der Waals surface area (Å²) in [4.78, 5) is 4.49. The SMILES string of the molecule is CCC1CCC(c2noc(Cn3cc(N)cn3)n2)C1. The average molecular weight is 261 g/mol. The molecule has 2 heterocycles. The Morgan fingerprint density at radius 1 is 1.47 bits per heavy atom. The average Bonchev–Trinajstić information content (AvgIpc) is 3.10. The summed E-state index contributed by atoms with van der Waals surface area (Å²) in [6.07, 6.45) is 8.25. The molecule has 3 rings (SSSR count). The molecular formula is C13H19N5O. The summed E-state index contributed by atoms with van der Waals surface area (Å²) in [5, 5.41) is 8.22. The summed E-state index contributed by atoms with van der Waals surface area (Å²) in [6.45, 7) is 2.73. The van der Waals surface area contributed by atoms with Crippen molar-refractivity contribution in [1.29, 1.82) is 0 Å². The molecule has 2 N–H and O–H groups in total. The minimum atomic E-state index is 0.463. The molecule has 0 saturated heterocycles. The van der Waals surface area contributed by atoms with Crippen LogP contribution >= 0.6 is 0 Å². The molecule has 2 aromatic heterocycles. The van der Waals surface area contributed by atoms with Crippen molar-refractivity contribution in [1.82, 2.24) is 19.9 Å². The van der Waals surface area contributed by atoms with Crippen molar-refractivity contribution in [2.45, 2.75) is 45.1 Å². The van der Waals surface area contributed by atoms with E-state index in [1.807, 2.05) is 0 Å². The second-order valence-corrected chi connectivity index (χ2v) is 5.30.